The molecule has 3 rings (SSSR count). The summed E-state index contributed by atoms with van der Waals surface area (Å²) in [5.74, 6) is 0.868. The molecule has 0 saturated heterocycles. The van der Waals surface area contributed by atoms with Crippen LogP contribution in [0.1, 0.15) is 16.8 Å². The number of hydrogen-bond donors (Lipinski definition) is 0. The van der Waals surface area contributed by atoms with Gasteiger partial charge in [0.2, 0.25) is 10.0 Å². The number of fused-ring (bicyclic) bond motifs is 1. The lowest BCUT2D eigenvalue weighted by atomic mass is 10.2. The van der Waals surface area contributed by atoms with Crippen molar-refractivity contribution < 1.29 is 8.42 Å². The molecule has 0 unspecified atom stereocenters. The van der Waals surface area contributed by atoms with Crippen LogP contribution in [-0.4, -0.2) is 42.0 Å². The van der Waals surface area contributed by atoms with Crippen LogP contribution in [0.25, 0.3) is 0 Å². The number of anilines is 1. The topological polar surface area (TPSA) is 66.4 Å². The van der Waals surface area contributed by atoms with Crippen LogP contribution in [0.5, 0.6) is 0 Å². The first-order chi connectivity index (χ1) is 10.9. The summed E-state index contributed by atoms with van der Waals surface area (Å²) in [6, 6.07) is 7.83. The molecule has 0 N–H and O–H groups in total. The lowest BCUT2D eigenvalue weighted by Gasteiger charge is -2.24. The highest BCUT2D eigenvalue weighted by Gasteiger charge is 2.26. The van der Waals surface area contributed by atoms with Crippen LogP contribution >= 0.6 is 0 Å². The van der Waals surface area contributed by atoms with Crippen molar-refractivity contribution in [3.05, 3.63) is 53.5 Å². The normalized spacial score (nSPS) is 16.0. The maximum atomic E-state index is 12.0. The molecule has 7 heteroatoms. The van der Waals surface area contributed by atoms with E-state index in [9.17, 15) is 8.42 Å². The Morgan fingerprint density at radius 3 is 2.57 bits per heavy atom. The fourth-order valence-corrected chi connectivity index (χ4v) is 3.51. The summed E-state index contributed by atoms with van der Waals surface area (Å²) in [5.41, 5.74) is 2.99. The van der Waals surface area contributed by atoms with Crippen molar-refractivity contribution in [2.45, 2.75) is 20.0 Å². The average molecular weight is 332 g/mol. The van der Waals surface area contributed by atoms with E-state index in [1.807, 2.05) is 31.2 Å². The van der Waals surface area contributed by atoms with Gasteiger partial charge in [-0.2, -0.15) is 4.31 Å². The van der Waals surface area contributed by atoms with Gasteiger partial charge in [0.15, 0.2) is 0 Å². The van der Waals surface area contributed by atoms with Gasteiger partial charge in [-0.15, -0.1) is 0 Å². The second kappa shape index (κ2) is 6.25. The van der Waals surface area contributed by atoms with Crippen LogP contribution in [-0.2, 0) is 23.1 Å². The fraction of sp³-hybridized carbons (Fsp3) is 0.375. The summed E-state index contributed by atoms with van der Waals surface area (Å²) >= 11 is 0. The molecule has 0 spiro atoms. The molecule has 2 aromatic heterocycles. The third-order valence-electron chi connectivity index (χ3n) is 3.95. The first-order valence-electron chi connectivity index (χ1n) is 7.49. The Kier molecular flexibility index (Phi) is 4.32. The molecule has 0 aromatic carbocycles. The number of aryl methyl sites for hydroxylation is 1. The Labute approximate surface area is 136 Å². The van der Waals surface area contributed by atoms with Crippen molar-refractivity contribution in [3.8, 4) is 0 Å². The van der Waals surface area contributed by atoms with E-state index in [2.05, 4.69) is 14.9 Å². The summed E-state index contributed by atoms with van der Waals surface area (Å²) in [5, 5.41) is 0. The SMILES string of the molecule is Cc1ccc2c(n1)N(Cc1ccncc1)CCN(S(C)(=O)=O)C2. The van der Waals surface area contributed by atoms with Crippen LogP contribution in [0.15, 0.2) is 36.7 Å². The summed E-state index contributed by atoms with van der Waals surface area (Å²) in [4.78, 5) is 10.8. The number of sulfonamides is 1. The van der Waals surface area contributed by atoms with Crippen molar-refractivity contribution in [2.75, 3.05) is 24.2 Å². The quantitative estimate of drug-likeness (QED) is 0.853. The molecule has 0 bridgehead atoms. The van der Waals surface area contributed by atoms with Crippen LogP contribution in [0.2, 0.25) is 0 Å². The van der Waals surface area contributed by atoms with Gasteiger partial charge >= 0.3 is 0 Å². The standard InChI is InChI=1S/C16H20N4O2S/c1-13-3-4-15-12-20(23(2,21)22)10-9-19(16(15)18-13)11-14-5-7-17-8-6-14/h3-8H,9-12H2,1-2H3. The smallest absolute Gasteiger partial charge is 0.211 e. The molecule has 0 atom stereocenters. The zero-order chi connectivity index (χ0) is 16.4. The Bertz CT molecular complexity index is 793. The van der Waals surface area contributed by atoms with E-state index in [4.69, 9.17) is 0 Å². The lowest BCUT2D eigenvalue weighted by molar-refractivity contribution is 0.422. The van der Waals surface area contributed by atoms with Gasteiger partial charge < -0.3 is 4.90 Å². The highest BCUT2D eigenvalue weighted by atomic mass is 32.2. The molecule has 2 aromatic rings. The van der Waals surface area contributed by atoms with Crippen LogP contribution in [0.4, 0.5) is 5.82 Å². The van der Waals surface area contributed by atoms with Gasteiger partial charge in [0.25, 0.3) is 0 Å². The fourth-order valence-electron chi connectivity index (χ4n) is 2.72. The van der Waals surface area contributed by atoms with Crippen molar-refractivity contribution in [1.82, 2.24) is 14.3 Å². The summed E-state index contributed by atoms with van der Waals surface area (Å²) in [6.45, 7) is 4.07. The molecule has 1 aliphatic rings. The number of rotatable bonds is 3. The molecule has 0 amide bonds. The van der Waals surface area contributed by atoms with E-state index in [1.54, 1.807) is 12.4 Å². The predicted molar refractivity (Wildman–Crippen MR) is 89.5 cm³/mol. The van der Waals surface area contributed by atoms with Gasteiger partial charge in [0.1, 0.15) is 5.82 Å². The molecule has 0 fully saturated rings. The van der Waals surface area contributed by atoms with Crippen molar-refractivity contribution >= 4 is 15.8 Å². The van der Waals surface area contributed by atoms with Gasteiger partial charge in [-0.05, 0) is 30.7 Å². The third-order valence-corrected chi connectivity index (χ3v) is 5.20. The van der Waals surface area contributed by atoms with Gasteiger partial charge in [-0.25, -0.2) is 13.4 Å². The molecule has 23 heavy (non-hydrogen) atoms. The molecular weight excluding hydrogens is 312 g/mol. The zero-order valence-electron chi connectivity index (χ0n) is 13.3. The third kappa shape index (κ3) is 3.68. The van der Waals surface area contributed by atoms with Crippen LogP contribution in [0, 0.1) is 6.92 Å². The highest BCUT2D eigenvalue weighted by Crippen LogP contribution is 2.26. The zero-order valence-corrected chi connectivity index (χ0v) is 14.1. The van der Waals surface area contributed by atoms with E-state index in [0.717, 1.165) is 22.6 Å². The summed E-state index contributed by atoms with van der Waals surface area (Å²) in [6.07, 6.45) is 4.79. The van der Waals surface area contributed by atoms with E-state index in [1.165, 1.54) is 10.6 Å². The maximum Gasteiger partial charge on any atom is 0.211 e. The van der Waals surface area contributed by atoms with Crippen molar-refractivity contribution in [2.24, 2.45) is 0 Å². The number of aromatic nitrogens is 2. The molecule has 3 heterocycles. The second-order valence-corrected chi connectivity index (χ2v) is 7.79. The molecule has 122 valence electrons. The van der Waals surface area contributed by atoms with Crippen LogP contribution in [0.3, 0.4) is 0 Å². The van der Waals surface area contributed by atoms with E-state index in [-0.39, 0.29) is 0 Å². The number of nitrogens with zero attached hydrogens (tertiary/aromatic N) is 4. The highest BCUT2D eigenvalue weighted by molar-refractivity contribution is 7.88. The monoisotopic (exact) mass is 332 g/mol. The minimum atomic E-state index is -3.23. The van der Waals surface area contributed by atoms with Gasteiger partial charge in [-0.3, -0.25) is 4.98 Å². The summed E-state index contributed by atoms with van der Waals surface area (Å²) in [7, 11) is -3.23. The largest absolute Gasteiger partial charge is 0.351 e. The Hall–Kier alpha value is -1.99. The predicted octanol–water partition coefficient (Wildman–Crippen LogP) is 1.57. The maximum absolute atomic E-state index is 12.0. The minimum Gasteiger partial charge on any atom is -0.351 e. The first kappa shape index (κ1) is 15.9. The molecule has 6 nitrogen and oxygen atoms in total. The summed E-state index contributed by atoms with van der Waals surface area (Å²) < 4.78 is 25.4. The lowest BCUT2D eigenvalue weighted by Crippen LogP contribution is -2.34. The van der Waals surface area contributed by atoms with Crippen LogP contribution < -0.4 is 4.90 Å². The van der Waals surface area contributed by atoms with Gasteiger partial charge in [-0.1, -0.05) is 6.07 Å². The Balaban J connectivity index is 1.97. The number of pyridine rings is 2. The van der Waals surface area contributed by atoms with Gasteiger partial charge in [0, 0.05) is 49.8 Å². The van der Waals surface area contributed by atoms with E-state index < -0.39 is 10.0 Å². The van der Waals surface area contributed by atoms with E-state index in [0.29, 0.717) is 26.2 Å². The van der Waals surface area contributed by atoms with E-state index >= 15 is 0 Å². The molecular formula is C16H20N4O2S. The minimum absolute atomic E-state index is 0.369. The molecule has 0 aliphatic carbocycles. The Morgan fingerprint density at radius 2 is 1.87 bits per heavy atom. The first-order valence-corrected chi connectivity index (χ1v) is 9.34. The number of hydrogen-bond acceptors (Lipinski definition) is 5. The van der Waals surface area contributed by atoms with Crippen molar-refractivity contribution in [1.29, 1.82) is 0 Å². The average Bonchev–Trinajstić information content (AvgIpc) is 2.68. The molecule has 0 radical (unpaired) electrons. The second-order valence-electron chi connectivity index (χ2n) is 5.81. The Morgan fingerprint density at radius 1 is 1.13 bits per heavy atom. The van der Waals surface area contributed by atoms with Crippen molar-refractivity contribution in [3.63, 3.8) is 0 Å². The van der Waals surface area contributed by atoms with Gasteiger partial charge in [0.05, 0.1) is 6.26 Å². The molecule has 1 aliphatic heterocycles. The molecule has 0 saturated carbocycles.